The number of rotatable bonds is 17. The fraction of sp³-hybridized carbons (Fsp3) is 0.812. The van der Waals surface area contributed by atoms with E-state index in [1.54, 1.807) is 6.92 Å². The Kier molecular flexibility index (Phi) is 16.6. The van der Waals surface area contributed by atoms with E-state index in [1.807, 2.05) is 0 Å². The lowest BCUT2D eigenvalue weighted by molar-refractivity contribution is -0.116. The lowest BCUT2D eigenvalue weighted by atomic mass is 10.4. The van der Waals surface area contributed by atoms with Crippen LogP contribution < -0.4 is 10.6 Å². The summed E-state index contributed by atoms with van der Waals surface area (Å²) in [5, 5.41) is 14.9. The van der Waals surface area contributed by atoms with Gasteiger partial charge >= 0.3 is 0 Å². The second-order valence-electron chi connectivity index (χ2n) is 5.09. The van der Waals surface area contributed by atoms with Crippen LogP contribution in [-0.2, 0) is 19.0 Å². The first-order valence-corrected chi connectivity index (χ1v) is 8.19. The largest absolute Gasteiger partial charge is 0.392 e. The summed E-state index contributed by atoms with van der Waals surface area (Å²) in [5.74, 6) is -0.160. The smallest absolute Gasteiger partial charge is 0.243 e. The molecule has 0 fully saturated rings. The third-order valence-electron chi connectivity index (χ3n) is 2.78. The Balaban J connectivity index is 3.02. The van der Waals surface area contributed by atoms with Crippen molar-refractivity contribution in [2.45, 2.75) is 25.9 Å². The molecule has 0 aliphatic rings. The highest BCUT2D eigenvalue weighted by Crippen LogP contribution is 1.86. The lowest BCUT2D eigenvalue weighted by Gasteiger charge is -2.08. The van der Waals surface area contributed by atoms with Gasteiger partial charge in [0, 0.05) is 26.3 Å². The SMILES string of the molecule is C=CC(=O)NCCCOCCOCCOCCCNCC(C)O. The number of carbonyl (C=O) groups excluding carboxylic acids is 1. The molecule has 0 bridgehead atoms. The van der Waals surface area contributed by atoms with Crippen LogP contribution in [0.1, 0.15) is 19.8 Å². The molecule has 23 heavy (non-hydrogen) atoms. The monoisotopic (exact) mass is 332 g/mol. The van der Waals surface area contributed by atoms with E-state index in [4.69, 9.17) is 19.3 Å². The number of nitrogens with one attached hydrogen (secondary N) is 2. The molecule has 0 heterocycles. The summed E-state index contributed by atoms with van der Waals surface area (Å²) in [4.78, 5) is 10.9. The van der Waals surface area contributed by atoms with Gasteiger partial charge in [-0.2, -0.15) is 0 Å². The Hall–Kier alpha value is -0.990. The number of aliphatic hydroxyl groups excluding tert-OH is 1. The van der Waals surface area contributed by atoms with Crippen LogP contribution in [0, 0.1) is 0 Å². The molecule has 0 aromatic heterocycles. The molecule has 0 spiro atoms. The van der Waals surface area contributed by atoms with Crippen LogP contribution in [0.25, 0.3) is 0 Å². The predicted octanol–water partition coefficient (Wildman–Crippen LogP) is 0.0890. The molecule has 0 saturated heterocycles. The van der Waals surface area contributed by atoms with Crippen molar-refractivity contribution in [1.82, 2.24) is 10.6 Å². The molecule has 0 aromatic rings. The second kappa shape index (κ2) is 17.4. The van der Waals surface area contributed by atoms with Gasteiger partial charge in [0.25, 0.3) is 0 Å². The van der Waals surface area contributed by atoms with Crippen LogP contribution in [0.15, 0.2) is 12.7 Å². The van der Waals surface area contributed by atoms with Crippen molar-refractivity contribution in [2.24, 2.45) is 0 Å². The van der Waals surface area contributed by atoms with Crippen molar-refractivity contribution in [3.8, 4) is 0 Å². The number of ether oxygens (including phenoxy) is 3. The lowest BCUT2D eigenvalue weighted by Crippen LogP contribution is -2.26. The molecular formula is C16H32N2O5. The predicted molar refractivity (Wildman–Crippen MR) is 89.4 cm³/mol. The summed E-state index contributed by atoms with van der Waals surface area (Å²) < 4.78 is 16.2. The van der Waals surface area contributed by atoms with Crippen molar-refractivity contribution >= 4 is 5.91 Å². The molecule has 0 aliphatic heterocycles. The molecule has 1 amide bonds. The van der Waals surface area contributed by atoms with E-state index in [9.17, 15) is 4.79 Å². The molecule has 136 valence electrons. The standard InChI is InChI=1S/C16H32N2O5/c1-3-16(20)18-7-5-9-22-11-13-23-12-10-21-8-4-6-17-14-15(2)19/h3,15,17,19H,1,4-14H2,2H3,(H,18,20). The zero-order valence-corrected chi connectivity index (χ0v) is 14.2. The van der Waals surface area contributed by atoms with Gasteiger partial charge in [-0.25, -0.2) is 0 Å². The maximum Gasteiger partial charge on any atom is 0.243 e. The molecule has 0 radical (unpaired) electrons. The van der Waals surface area contributed by atoms with Crippen LogP contribution in [-0.4, -0.2) is 76.4 Å². The third-order valence-corrected chi connectivity index (χ3v) is 2.78. The van der Waals surface area contributed by atoms with Crippen molar-refractivity contribution < 1.29 is 24.1 Å². The van der Waals surface area contributed by atoms with Gasteiger partial charge in [-0.15, -0.1) is 0 Å². The molecule has 0 aliphatic carbocycles. The minimum Gasteiger partial charge on any atom is -0.392 e. The average Bonchev–Trinajstić information content (AvgIpc) is 2.53. The fourth-order valence-electron chi connectivity index (χ4n) is 1.61. The van der Waals surface area contributed by atoms with Gasteiger partial charge in [-0.05, 0) is 32.4 Å². The highest BCUT2D eigenvalue weighted by molar-refractivity contribution is 5.86. The molecule has 7 heteroatoms. The molecule has 1 unspecified atom stereocenters. The molecule has 1 atom stereocenters. The summed E-state index contributed by atoms with van der Waals surface area (Å²) in [6, 6.07) is 0. The summed E-state index contributed by atoms with van der Waals surface area (Å²) in [6.07, 6.45) is 2.63. The van der Waals surface area contributed by atoms with Gasteiger partial charge < -0.3 is 30.0 Å². The van der Waals surface area contributed by atoms with Crippen molar-refractivity contribution in [2.75, 3.05) is 59.3 Å². The quantitative estimate of drug-likeness (QED) is 0.258. The summed E-state index contributed by atoms with van der Waals surface area (Å²) >= 11 is 0. The Bertz CT molecular complexity index is 288. The Labute approximate surface area is 139 Å². The molecule has 0 saturated carbocycles. The number of hydrogen-bond acceptors (Lipinski definition) is 6. The Morgan fingerprint density at radius 2 is 1.57 bits per heavy atom. The number of carbonyl (C=O) groups is 1. The fourth-order valence-corrected chi connectivity index (χ4v) is 1.61. The number of amides is 1. The highest BCUT2D eigenvalue weighted by atomic mass is 16.5. The number of hydrogen-bond donors (Lipinski definition) is 3. The van der Waals surface area contributed by atoms with E-state index in [1.165, 1.54) is 6.08 Å². The van der Waals surface area contributed by atoms with Crippen LogP contribution in [0.5, 0.6) is 0 Å². The van der Waals surface area contributed by atoms with E-state index in [2.05, 4.69) is 17.2 Å². The highest BCUT2D eigenvalue weighted by Gasteiger charge is 1.95. The van der Waals surface area contributed by atoms with E-state index in [0.717, 1.165) is 19.4 Å². The van der Waals surface area contributed by atoms with Crippen LogP contribution in [0.4, 0.5) is 0 Å². The van der Waals surface area contributed by atoms with Crippen LogP contribution in [0.2, 0.25) is 0 Å². The molecular weight excluding hydrogens is 300 g/mol. The van der Waals surface area contributed by atoms with Crippen molar-refractivity contribution in [3.05, 3.63) is 12.7 Å². The molecule has 0 aromatic carbocycles. The summed E-state index contributed by atoms with van der Waals surface area (Å²) in [7, 11) is 0. The number of aliphatic hydroxyl groups is 1. The molecule has 0 rings (SSSR count). The minimum atomic E-state index is -0.308. The second-order valence-corrected chi connectivity index (χ2v) is 5.09. The van der Waals surface area contributed by atoms with Crippen LogP contribution >= 0.6 is 0 Å². The molecule has 7 nitrogen and oxygen atoms in total. The Morgan fingerprint density at radius 3 is 2.09 bits per heavy atom. The van der Waals surface area contributed by atoms with Gasteiger partial charge in [-0.1, -0.05) is 6.58 Å². The first-order chi connectivity index (χ1) is 11.2. The summed E-state index contributed by atoms with van der Waals surface area (Å²) in [5.41, 5.74) is 0. The zero-order valence-electron chi connectivity index (χ0n) is 14.2. The Morgan fingerprint density at radius 1 is 1.04 bits per heavy atom. The first kappa shape index (κ1) is 22.0. The topological polar surface area (TPSA) is 89.1 Å². The van der Waals surface area contributed by atoms with Crippen molar-refractivity contribution in [1.29, 1.82) is 0 Å². The summed E-state index contributed by atoms with van der Waals surface area (Å²) in [6.45, 7) is 10.7. The minimum absolute atomic E-state index is 0.160. The van der Waals surface area contributed by atoms with Gasteiger partial charge in [0.2, 0.25) is 5.91 Å². The van der Waals surface area contributed by atoms with E-state index < -0.39 is 0 Å². The zero-order chi connectivity index (χ0) is 17.2. The maximum atomic E-state index is 10.9. The van der Waals surface area contributed by atoms with Crippen molar-refractivity contribution in [3.63, 3.8) is 0 Å². The van der Waals surface area contributed by atoms with Gasteiger partial charge in [-0.3, -0.25) is 4.79 Å². The van der Waals surface area contributed by atoms with E-state index >= 15 is 0 Å². The average molecular weight is 332 g/mol. The normalized spacial score (nSPS) is 12.1. The van der Waals surface area contributed by atoms with Gasteiger partial charge in [0.1, 0.15) is 0 Å². The first-order valence-electron chi connectivity index (χ1n) is 8.19. The van der Waals surface area contributed by atoms with E-state index in [0.29, 0.717) is 52.7 Å². The molecule has 3 N–H and O–H groups in total. The maximum absolute atomic E-state index is 10.9. The van der Waals surface area contributed by atoms with Gasteiger partial charge in [0.05, 0.1) is 32.5 Å². The van der Waals surface area contributed by atoms with E-state index in [-0.39, 0.29) is 12.0 Å². The van der Waals surface area contributed by atoms with Crippen LogP contribution in [0.3, 0.4) is 0 Å². The third kappa shape index (κ3) is 19.0. The van der Waals surface area contributed by atoms with Gasteiger partial charge in [0.15, 0.2) is 0 Å².